The minimum atomic E-state index is -1.02. The van der Waals surface area contributed by atoms with E-state index in [4.69, 9.17) is 9.15 Å². The Morgan fingerprint density at radius 2 is 1.97 bits per heavy atom. The largest absolute Gasteiger partial charge is 0.495 e. The zero-order valence-electron chi connectivity index (χ0n) is 20.4. The third-order valence-corrected chi connectivity index (χ3v) is 6.22. The van der Waals surface area contributed by atoms with Crippen molar-refractivity contribution in [2.24, 2.45) is 0 Å². The highest BCUT2D eigenvalue weighted by atomic mass is 16.5. The Kier molecular flexibility index (Phi) is 7.99. The van der Waals surface area contributed by atoms with Gasteiger partial charge in [-0.15, -0.1) is 0 Å². The van der Waals surface area contributed by atoms with Crippen molar-refractivity contribution in [1.82, 2.24) is 15.6 Å². The molecule has 1 saturated carbocycles. The average molecular weight is 491 g/mol. The minimum absolute atomic E-state index is 0.0479. The summed E-state index contributed by atoms with van der Waals surface area (Å²) in [5.41, 5.74) is 1.84. The number of furan rings is 1. The van der Waals surface area contributed by atoms with E-state index in [1.807, 2.05) is 13.0 Å². The van der Waals surface area contributed by atoms with E-state index in [-0.39, 0.29) is 24.3 Å². The molecule has 9 heteroatoms. The topological polar surface area (TPSA) is 114 Å². The second-order valence-corrected chi connectivity index (χ2v) is 8.78. The van der Waals surface area contributed by atoms with Crippen LogP contribution in [0.15, 0.2) is 65.5 Å². The molecular weight excluding hydrogens is 460 g/mol. The van der Waals surface area contributed by atoms with Crippen LogP contribution in [-0.2, 0) is 9.59 Å². The first-order valence-electron chi connectivity index (χ1n) is 12.0. The molecule has 1 aliphatic rings. The van der Waals surface area contributed by atoms with Crippen molar-refractivity contribution in [2.75, 3.05) is 18.6 Å². The van der Waals surface area contributed by atoms with Gasteiger partial charge < -0.3 is 19.8 Å². The standard InChI is InChI=1S/C27H30N4O5/c1-18-11-12-22(35-2)21(15-18)31(24(32)17-29-26(33)23-10-6-14-36-23)25(19-7-5-13-28-16-19)27(34)30-20-8-3-4-9-20/h5-7,10-16,20,25H,3-4,8-9,17H2,1-2H3,(H,29,33)(H,30,34)/t25-/m0/s1. The van der Waals surface area contributed by atoms with Crippen LogP contribution in [0.4, 0.5) is 5.69 Å². The lowest BCUT2D eigenvalue weighted by atomic mass is 10.0. The lowest BCUT2D eigenvalue weighted by Gasteiger charge is -2.33. The Morgan fingerprint density at radius 3 is 2.64 bits per heavy atom. The van der Waals surface area contributed by atoms with Crippen LogP contribution in [0.5, 0.6) is 5.75 Å². The van der Waals surface area contributed by atoms with Gasteiger partial charge in [0.25, 0.3) is 5.91 Å². The lowest BCUT2D eigenvalue weighted by Crippen LogP contribution is -2.49. The second kappa shape index (κ2) is 11.5. The van der Waals surface area contributed by atoms with E-state index in [0.29, 0.717) is 17.0 Å². The molecule has 9 nitrogen and oxygen atoms in total. The first-order chi connectivity index (χ1) is 17.5. The molecule has 2 N–H and O–H groups in total. The maximum absolute atomic E-state index is 13.8. The molecule has 3 amide bonds. The van der Waals surface area contributed by atoms with Crippen LogP contribution in [0.2, 0.25) is 0 Å². The number of amides is 3. The van der Waals surface area contributed by atoms with Crippen LogP contribution in [0, 0.1) is 6.92 Å². The summed E-state index contributed by atoms with van der Waals surface area (Å²) >= 11 is 0. The molecule has 4 rings (SSSR count). The molecule has 3 aromatic rings. The van der Waals surface area contributed by atoms with Gasteiger partial charge in [0.1, 0.15) is 11.8 Å². The molecule has 0 radical (unpaired) electrons. The predicted molar refractivity (Wildman–Crippen MR) is 134 cm³/mol. The molecule has 1 atom stereocenters. The van der Waals surface area contributed by atoms with Gasteiger partial charge in [-0.2, -0.15) is 0 Å². The molecule has 0 aliphatic heterocycles. The summed E-state index contributed by atoms with van der Waals surface area (Å²) in [4.78, 5) is 45.6. The third kappa shape index (κ3) is 5.73. The molecule has 36 heavy (non-hydrogen) atoms. The summed E-state index contributed by atoms with van der Waals surface area (Å²) in [6.07, 6.45) is 8.46. The van der Waals surface area contributed by atoms with Gasteiger partial charge in [0.2, 0.25) is 11.8 Å². The third-order valence-electron chi connectivity index (χ3n) is 6.22. The van der Waals surface area contributed by atoms with Crippen molar-refractivity contribution in [3.8, 4) is 5.75 Å². The highest BCUT2D eigenvalue weighted by Gasteiger charge is 2.36. The van der Waals surface area contributed by atoms with E-state index in [1.165, 1.54) is 24.3 Å². The number of methoxy groups -OCH3 is 1. The van der Waals surface area contributed by atoms with Crippen LogP contribution >= 0.6 is 0 Å². The Labute approximate surface area is 209 Å². The molecule has 0 spiro atoms. The number of aromatic nitrogens is 1. The smallest absolute Gasteiger partial charge is 0.287 e. The summed E-state index contributed by atoms with van der Waals surface area (Å²) in [5, 5.41) is 5.71. The van der Waals surface area contributed by atoms with Crippen molar-refractivity contribution >= 4 is 23.4 Å². The number of nitrogens with one attached hydrogen (secondary N) is 2. The Hall–Kier alpha value is -4.14. The number of hydrogen-bond acceptors (Lipinski definition) is 6. The first kappa shape index (κ1) is 25.0. The van der Waals surface area contributed by atoms with E-state index >= 15 is 0 Å². The normalized spacial score (nSPS) is 14.2. The average Bonchev–Trinajstić information content (AvgIpc) is 3.61. The Morgan fingerprint density at radius 1 is 1.17 bits per heavy atom. The van der Waals surface area contributed by atoms with Crippen LogP contribution in [-0.4, -0.2) is 42.4 Å². The van der Waals surface area contributed by atoms with Gasteiger partial charge in [-0.05, 0) is 55.7 Å². The fraction of sp³-hybridized carbons (Fsp3) is 0.333. The molecule has 2 heterocycles. The maximum Gasteiger partial charge on any atom is 0.287 e. The van der Waals surface area contributed by atoms with Crippen LogP contribution < -0.4 is 20.3 Å². The van der Waals surface area contributed by atoms with Gasteiger partial charge in [-0.1, -0.05) is 25.0 Å². The summed E-state index contributed by atoms with van der Waals surface area (Å²) in [5.74, 6) is -0.824. The number of benzene rings is 1. The maximum atomic E-state index is 13.8. The van der Waals surface area contributed by atoms with Gasteiger partial charge in [0, 0.05) is 24.0 Å². The van der Waals surface area contributed by atoms with Crippen molar-refractivity contribution in [2.45, 2.75) is 44.7 Å². The van der Waals surface area contributed by atoms with E-state index in [0.717, 1.165) is 31.2 Å². The first-order valence-corrected chi connectivity index (χ1v) is 12.0. The van der Waals surface area contributed by atoms with Crippen LogP contribution in [0.3, 0.4) is 0 Å². The highest BCUT2D eigenvalue weighted by Crippen LogP contribution is 2.36. The number of nitrogens with zero attached hydrogens (tertiary/aromatic N) is 2. The summed E-state index contributed by atoms with van der Waals surface area (Å²) in [6, 6.07) is 11.0. The van der Waals surface area contributed by atoms with Crippen LogP contribution in [0.1, 0.15) is 53.4 Å². The summed E-state index contributed by atoms with van der Waals surface area (Å²) < 4.78 is 10.7. The molecular formula is C27H30N4O5. The fourth-order valence-electron chi connectivity index (χ4n) is 4.45. The fourth-order valence-corrected chi connectivity index (χ4v) is 4.45. The zero-order valence-corrected chi connectivity index (χ0v) is 20.4. The van der Waals surface area contributed by atoms with E-state index in [9.17, 15) is 14.4 Å². The van der Waals surface area contributed by atoms with Crippen molar-refractivity contribution in [3.63, 3.8) is 0 Å². The van der Waals surface area contributed by atoms with Crippen molar-refractivity contribution < 1.29 is 23.5 Å². The van der Waals surface area contributed by atoms with E-state index in [2.05, 4.69) is 15.6 Å². The number of aryl methyl sites for hydroxylation is 1. The second-order valence-electron chi connectivity index (χ2n) is 8.78. The van der Waals surface area contributed by atoms with Gasteiger partial charge in [0.15, 0.2) is 5.76 Å². The molecule has 1 fully saturated rings. The van der Waals surface area contributed by atoms with Crippen molar-refractivity contribution in [3.05, 3.63) is 78.0 Å². The summed E-state index contributed by atoms with van der Waals surface area (Å²) in [6.45, 7) is 1.53. The lowest BCUT2D eigenvalue weighted by molar-refractivity contribution is -0.126. The number of hydrogen-bond donors (Lipinski definition) is 2. The number of carbonyl (C=O) groups is 3. The Bertz CT molecular complexity index is 1190. The van der Waals surface area contributed by atoms with Gasteiger partial charge in [-0.3, -0.25) is 24.3 Å². The van der Waals surface area contributed by atoms with Gasteiger partial charge in [0.05, 0.1) is 25.6 Å². The quantitative estimate of drug-likeness (QED) is 0.474. The van der Waals surface area contributed by atoms with Crippen LogP contribution in [0.25, 0.3) is 0 Å². The molecule has 2 aromatic heterocycles. The SMILES string of the molecule is COc1ccc(C)cc1N(C(=O)CNC(=O)c1ccco1)[C@H](C(=O)NC1CCCC1)c1cccnc1. The Balaban J connectivity index is 1.73. The highest BCUT2D eigenvalue weighted by molar-refractivity contribution is 6.05. The monoisotopic (exact) mass is 490 g/mol. The molecule has 188 valence electrons. The summed E-state index contributed by atoms with van der Waals surface area (Å²) in [7, 11) is 1.51. The number of ether oxygens (including phenoxy) is 1. The number of anilines is 1. The predicted octanol–water partition coefficient (Wildman–Crippen LogP) is 3.55. The minimum Gasteiger partial charge on any atom is -0.495 e. The van der Waals surface area contributed by atoms with Gasteiger partial charge >= 0.3 is 0 Å². The molecule has 0 unspecified atom stereocenters. The molecule has 0 bridgehead atoms. The number of carbonyl (C=O) groups excluding carboxylic acids is 3. The van der Waals surface area contributed by atoms with Gasteiger partial charge in [-0.25, -0.2) is 0 Å². The van der Waals surface area contributed by atoms with Crippen molar-refractivity contribution in [1.29, 1.82) is 0 Å². The van der Waals surface area contributed by atoms with E-state index in [1.54, 1.807) is 42.7 Å². The molecule has 1 aliphatic carbocycles. The number of pyridine rings is 1. The zero-order chi connectivity index (χ0) is 25.5. The molecule has 1 aromatic carbocycles. The molecule has 0 saturated heterocycles. The number of rotatable bonds is 9. The van der Waals surface area contributed by atoms with E-state index < -0.39 is 17.9 Å².